The maximum absolute atomic E-state index is 8.60. The predicted molar refractivity (Wildman–Crippen MR) is 61.2 cm³/mol. The molecule has 0 saturated heterocycles. The summed E-state index contributed by atoms with van der Waals surface area (Å²) in [5.74, 6) is 1.43. The van der Waals surface area contributed by atoms with Gasteiger partial charge in [-0.2, -0.15) is 0 Å². The lowest BCUT2D eigenvalue weighted by Crippen LogP contribution is -2.05. The van der Waals surface area contributed by atoms with E-state index in [1.807, 2.05) is 6.92 Å². The molecular formula is C10H16ClN3O. The van der Waals surface area contributed by atoms with Crippen LogP contribution in [0.1, 0.15) is 25.1 Å². The van der Waals surface area contributed by atoms with E-state index in [0.717, 1.165) is 31.6 Å². The molecule has 0 amide bonds. The first-order valence-corrected chi connectivity index (χ1v) is 5.46. The smallest absolute Gasteiger partial charge is 0.134 e. The quantitative estimate of drug-likeness (QED) is 0.579. The third kappa shape index (κ3) is 4.95. The van der Waals surface area contributed by atoms with E-state index in [1.54, 1.807) is 6.07 Å². The summed E-state index contributed by atoms with van der Waals surface area (Å²) in [5.41, 5.74) is 0. The van der Waals surface area contributed by atoms with Crippen molar-refractivity contribution < 1.29 is 5.11 Å². The summed E-state index contributed by atoms with van der Waals surface area (Å²) >= 11 is 5.79. The molecule has 2 N–H and O–H groups in total. The van der Waals surface area contributed by atoms with E-state index < -0.39 is 0 Å². The largest absolute Gasteiger partial charge is 0.396 e. The van der Waals surface area contributed by atoms with Gasteiger partial charge < -0.3 is 10.4 Å². The summed E-state index contributed by atoms with van der Waals surface area (Å²) in [6.07, 6.45) is 2.88. The summed E-state index contributed by atoms with van der Waals surface area (Å²) in [7, 11) is 0. The van der Waals surface area contributed by atoms with E-state index >= 15 is 0 Å². The fourth-order valence-corrected chi connectivity index (χ4v) is 1.48. The van der Waals surface area contributed by atoms with Crippen molar-refractivity contribution in [1.82, 2.24) is 9.97 Å². The molecule has 1 aromatic rings. The van der Waals surface area contributed by atoms with Gasteiger partial charge in [-0.1, -0.05) is 11.6 Å². The zero-order chi connectivity index (χ0) is 11.1. The molecule has 5 heteroatoms. The zero-order valence-corrected chi connectivity index (χ0v) is 9.59. The average Bonchev–Trinajstić information content (AvgIpc) is 2.16. The van der Waals surface area contributed by atoms with E-state index in [0.29, 0.717) is 11.0 Å². The maximum atomic E-state index is 8.60. The Labute approximate surface area is 94.7 Å². The monoisotopic (exact) mass is 229 g/mol. The lowest BCUT2D eigenvalue weighted by Gasteiger charge is -2.05. The molecule has 15 heavy (non-hydrogen) atoms. The summed E-state index contributed by atoms with van der Waals surface area (Å²) in [5, 5.41) is 12.2. The SMILES string of the molecule is Cc1nc(Cl)cc(NCCCCCO)n1. The number of unbranched alkanes of at least 4 members (excludes halogenated alkanes) is 2. The van der Waals surface area contributed by atoms with Crippen LogP contribution in [0.2, 0.25) is 5.15 Å². The summed E-state index contributed by atoms with van der Waals surface area (Å²) in [6.45, 7) is 2.91. The van der Waals surface area contributed by atoms with Crippen molar-refractivity contribution in [2.75, 3.05) is 18.5 Å². The van der Waals surface area contributed by atoms with Crippen LogP contribution in [0, 0.1) is 6.92 Å². The van der Waals surface area contributed by atoms with E-state index in [9.17, 15) is 0 Å². The first kappa shape index (κ1) is 12.2. The van der Waals surface area contributed by atoms with Crippen molar-refractivity contribution in [3.05, 3.63) is 17.0 Å². The Morgan fingerprint density at radius 1 is 1.33 bits per heavy atom. The Hall–Kier alpha value is -0.870. The Kier molecular flexibility index (Phi) is 5.36. The molecule has 0 aliphatic heterocycles. The number of nitrogens with one attached hydrogen (secondary N) is 1. The van der Waals surface area contributed by atoms with Crippen LogP contribution in [0.5, 0.6) is 0 Å². The van der Waals surface area contributed by atoms with Crippen molar-refractivity contribution >= 4 is 17.4 Å². The van der Waals surface area contributed by atoms with Crippen molar-refractivity contribution in [3.63, 3.8) is 0 Å². The number of aliphatic hydroxyl groups excluding tert-OH is 1. The van der Waals surface area contributed by atoms with Crippen LogP contribution in [-0.4, -0.2) is 28.2 Å². The number of nitrogens with zero attached hydrogens (tertiary/aromatic N) is 2. The maximum Gasteiger partial charge on any atom is 0.134 e. The Morgan fingerprint density at radius 3 is 2.80 bits per heavy atom. The number of anilines is 1. The second-order valence-electron chi connectivity index (χ2n) is 3.33. The first-order chi connectivity index (χ1) is 7.22. The van der Waals surface area contributed by atoms with Crippen LogP contribution in [0.4, 0.5) is 5.82 Å². The number of aryl methyl sites for hydroxylation is 1. The molecule has 0 aliphatic rings. The van der Waals surface area contributed by atoms with Gasteiger partial charge in [-0.05, 0) is 26.2 Å². The molecule has 4 nitrogen and oxygen atoms in total. The minimum absolute atomic E-state index is 0.262. The summed E-state index contributed by atoms with van der Waals surface area (Å²) in [4.78, 5) is 8.17. The number of hydrogen-bond donors (Lipinski definition) is 2. The van der Waals surface area contributed by atoms with Crippen molar-refractivity contribution in [2.24, 2.45) is 0 Å². The average molecular weight is 230 g/mol. The lowest BCUT2D eigenvalue weighted by atomic mass is 10.2. The fourth-order valence-electron chi connectivity index (χ4n) is 1.25. The summed E-state index contributed by atoms with van der Waals surface area (Å²) < 4.78 is 0. The number of rotatable bonds is 6. The highest BCUT2D eigenvalue weighted by atomic mass is 35.5. The van der Waals surface area contributed by atoms with Crippen molar-refractivity contribution in [3.8, 4) is 0 Å². The summed E-state index contributed by atoms with van der Waals surface area (Å²) in [6, 6.07) is 1.71. The van der Waals surface area contributed by atoms with E-state index in [4.69, 9.17) is 16.7 Å². The van der Waals surface area contributed by atoms with E-state index in [-0.39, 0.29) is 6.61 Å². The Morgan fingerprint density at radius 2 is 2.13 bits per heavy atom. The minimum atomic E-state index is 0.262. The normalized spacial score (nSPS) is 10.3. The number of aliphatic hydroxyl groups is 1. The molecule has 0 aromatic carbocycles. The molecule has 1 heterocycles. The minimum Gasteiger partial charge on any atom is -0.396 e. The van der Waals surface area contributed by atoms with Gasteiger partial charge >= 0.3 is 0 Å². The van der Waals surface area contributed by atoms with Crippen LogP contribution < -0.4 is 5.32 Å². The Bertz CT molecular complexity index is 286. The molecule has 0 spiro atoms. The molecule has 0 unspecified atom stereocenters. The number of aromatic nitrogens is 2. The molecule has 0 radical (unpaired) electrons. The molecule has 1 aromatic heterocycles. The van der Waals surface area contributed by atoms with Gasteiger partial charge in [0.25, 0.3) is 0 Å². The Balaban J connectivity index is 2.31. The van der Waals surface area contributed by atoms with E-state index in [1.165, 1.54) is 0 Å². The fraction of sp³-hybridized carbons (Fsp3) is 0.600. The zero-order valence-electron chi connectivity index (χ0n) is 8.83. The van der Waals surface area contributed by atoms with Gasteiger partial charge in [0.15, 0.2) is 0 Å². The van der Waals surface area contributed by atoms with Crippen LogP contribution in [0.15, 0.2) is 6.07 Å². The molecule has 0 saturated carbocycles. The van der Waals surface area contributed by atoms with Gasteiger partial charge in [0, 0.05) is 19.2 Å². The molecule has 1 rings (SSSR count). The van der Waals surface area contributed by atoms with Crippen LogP contribution in [-0.2, 0) is 0 Å². The molecule has 0 aliphatic carbocycles. The first-order valence-electron chi connectivity index (χ1n) is 5.08. The predicted octanol–water partition coefficient (Wildman–Crippen LogP) is 2.01. The van der Waals surface area contributed by atoms with Gasteiger partial charge in [0.2, 0.25) is 0 Å². The second kappa shape index (κ2) is 6.58. The van der Waals surface area contributed by atoms with E-state index in [2.05, 4.69) is 15.3 Å². The van der Waals surface area contributed by atoms with Crippen molar-refractivity contribution in [1.29, 1.82) is 0 Å². The second-order valence-corrected chi connectivity index (χ2v) is 3.72. The molecule has 0 atom stereocenters. The third-order valence-corrected chi connectivity index (χ3v) is 2.14. The highest BCUT2D eigenvalue weighted by Gasteiger charge is 1.98. The third-order valence-electron chi connectivity index (χ3n) is 1.95. The molecular weight excluding hydrogens is 214 g/mol. The topological polar surface area (TPSA) is 58.0 Å². The van der Waals surface area contributed by atoms with Crippen LogP contribution in [0.3, 0.4) is 0 Å². The number of halogens is 1. The molecule has 84 valence electrons. The van der Waals surface area contributed by atoms with Crippen molar-refractivity contribution in [2.45, 2.75) is 26.2 Å². The number of hydrogen-bond acceptors (Lipinski definition) is 4. The molecule has 0 bridgehead atoms. The van der Waals surface area contributed by atoms with Crippen LogP contribution in [0.25, 0.3) is 0 Å². The van der Waals surface area contributed by atoms with Gasteiger partial charge in [0.1, 0.15) is 16.8 Å². The standard InChI is InChI=1S/C10H16ClN3O/c1-8-13-9(11)7-10(14-8)12-5-3-2-4-6-15/h7,15H,2-6H2,1H3,(H,12,13,14). The van der Waals surface area contributed by atoms with Gasteiger partial charge in [0.05, 0.1) is 0 Å². The highest BCUT2D eigenvalue weighted by molar-refractivity contribution is 6.29. The van der Waals surface area contributed by atoms with Gasteiger partial charge in [-0.15, -0.1) is 0 Å². The molecule has 0 fully saturated rings. The van der Waals surface area contributed by atoms with Gasteiger partial charge in [-0.3, -0.25) is 0 Å². The van der Waals surface area contributed by atoms with Crippen LogP contribution >= 0.6 is 11.6 Å². The highest BCUT2D eigenvalue weighted by Crippen LogP contribution is 2.11. The van der Waals surface area contributed by atoms with Gasteiger partial charge in [-0.25, -0.2) is 9.97 Å². The lowest BCUT2D eigenvalue weighted by molar-refractivity contribution is 0.283.